The van der Waals surface area contributed by atoms with Crippen molar-refractivity contribution in [3.05, 3.63) is 65.5 Å². The van der Waals surface area contributed by atoms with Gasteiger partial charge in [0.05, 0.1) is 18.4 Å². The van der Waals surface area contributed by atoms with Gasteiger partial charge in [-0.1, -0.05) is 18.2 Å². The number of nitriles is 1. The summed E-state index contributed by atoms with van der Waals surface area (Å²) in [6.45, 7) is 0. The van der Waals surface area contributed by atoms with Gasteiger partial charge in [-0.15, -0.1) is 0 Å². The minimum Gasteiger partial charge on any atom is -0.497 e. The Morgan fingerprint density at radius 3 is 2.48 bits per heavy atom. The zero-order valence-electron chi connectivity index (χ0n) is 13.0. The lowest BCUT2D eigenvalue weighted by Crippen LogP contribution is -2.62. The first-order valence-electron chi connectivity index (χ1n) is 7.17. The molecule has 0 saturated heterocycles. The van der Waals surface area contributed by atoms with Gasteiger partial charge in [0.25, 0.3) is 0 Å². The van der Waals surface area contributed by atoms with Gasteiger partial charge < -0.3 is 10.1 Å². The van der Waals surface area contributed by atoms with E-state index in [9.17, 15) is 23.2 Å². The number of hydrogen-bond donors (Lipinski definition) is 1. The third-order valence-electron chi connectivity index (χ3n) is 4.06. The Morgan fingerprint density at radius 2 is 1.92 bits per heavy atom. The molecular weight excluding hydrogens is 335 g/mol. The number of fused-ring (bicyclic) bond motifs is 1. The van der Waals surface area contributed by atoms with Crippen LogP contribution in [0.25, 0.3) is 0 Å². The minimum atomic E-state index is -4.93. The van der Waals surface area contributed by atoms with Crippen LogP contribution >= 0.6 is 0 Å². The van der Waals surface area contributed by atoms with Crippen LogP contribution in [0.4, 0.5) is 18.0 Å². The third kappa shape index (κ3) is 2.36. The maximum atomic E-state index is 14.1. The number of rotatable bonds is 2. The number of benzene rings is 1. The van der Waals surface area contributed by atoms with Crippen molar-refractivity contribution in [2.45, 2.75) is 11.7 Å². The molecule has 0 spiro atoms. The fourth-order valence-corrected chi connectivity index (χ4v) is 2.87. The number of carbonyl (C=O) groups excluding carboxylic acids is 1. The summed E-state index contributed by atoms with van der Waals surface area (Å²) < 4.78 is 47.4. The summed E-state index contributed by atoms with van der Waals surface area (Å²) in [5.74, 6) is 0.358. The number of amides is 2. The van der Waals surface area contributed by atoms with Crippen molar-refractivity contribution < 1.29 is 22.7 Å². The molecule has 8 heteroatoms. The van der Waals surface area contributed by atoms with Gasteiger partial charge >= 0.3 is 12.2 Å². The van der Waals surface area contributed by atoms with Crippen LogP contribution in [0.15, 0.2) is 60.0 Å². The summed E-state index contributed by atoms with van der Waals surface area (Å²) in [6, 6.07) is 5.72. The van der Waals surface area contributed by atoms with Crippen molar-refractivity contribution in [3.8, 4) is 11.8 Å². The second-order valence-electron chi connectivity index (χ2n) is 5.35. The SMILES string of the molecule is COc1ccc(C2(C(F)(F)F)NC(=O)N3C=CC=CC3=C2C#N)cc1. The average Bonchev–Trinajstić information content (AvgIpc) is 2.60. The predicted octanol–water partition coefficient (Wildman–Crippen LogP) is 3.34. The highest BCUT2D eigenvalue weighted by Crippen LogP contribution is 2.48. The molecule has 2 heterocycles. The van der Waals surface area contributed by atoms with Crippen molar-refractivity contribution in [2.75, 3.05) is 7.11 Å². The Hall–Kier alpha value is -3.21. The molecule has 2 aliphatic rings. The first kappa shape index (κ1) is 16.6. The van der Waals surface area contributed by atoms with E-state index in [1.807, 2.05) is 5.32 Å². The van der Waals surface area contributed by atoms with Crippen molar-refractivity contribution >= 4 is 6.03 Å². The molecule has 0 radical (unpaired) electrons. The molecule has 2 aliphatic heterocycles. The van der Waals surface area contributed by atoms with Crippen LogP contribution in [0.1, 0.15) is 5.56 Å². The molecule has 0 saturated carbocycles. The Bertz CT molecular complexity index is 847. The highest BCUT2D eigenvalue weighted by molar-refractivity contribution is 5.84. The van der Waals surface area contributed by atoms with E-state index in [1.54, 1.807) is 6.07 Å². The van der Waals surface area contributed by atoms with Crippen molar-refractivity contribution in [2.24, 2.45) is 0 Å². The lowest BCUT2D eigenvalue weighted by atomic mass is 9.79. The second-order valence-corrected chi connectivity index (χ2v) is 5.35. The number of alkyl halides is 3. The zero-order chi connectivity index (χ0) is 18.2. The molecule has 1 unspecified atom stereocenters. The van der Waals surface area contributed by atoms with Crippen LogP contribution in [0.5, 0.6) is 5.75 Å². The average molecular weight is 347 g/mol. The van der Waals surface area contributed by atoms with E-state index in [1.165, 1.54) is 55.8 Å². The van der Waals surface area contributed by atoms with Gasteiger partial charge in [0.1, 0.15) is 11.8 Å². The van der Waals surface area contributed by atoms with Gasteiger partial charge in [0, 0.05) is 6.20 Å². The first-order chi connectivity index (χ1) is 11.8. The smallest absolute Gasteiger partial charge is 0.420 e. The number of methoxy groups -OCH3 is 1. The normalized spacial score (nSPS) is 22.4. The minimum absolute atomic E-state index is 0.109. The van der Waals surface area contributed by atoms with Crippen LogP contribution in [-0.4, -0.2) is 24.2 Å². The molecule has 128 valence electrons. The molecule has 2 amide bonds. The van der Waals surface area contributed by atoms with E-state index < -0.39 is 23.3 Å². The van der Waals surface area contributed by atoms with Gasteiger partial charge in [-0.25, -0.2) is 4.79 Å². The quantitative estimate of drug-likeness (QED) is 0.892. The summed E-state index contributed by atoms with van der Waals surface area (Å²) in [5, 5.41) is 11.5. The molecule has 0 bridgehead atoms. The molecule has 1 aromatic rings. The molecular formula is C17H12F3N3O2. The van der Waals surface area contributed by atoms with Gasteiger partial charge in [0.15, 0.2) is 0 Å². The topological polar surface area (TPSA) is 65.4 Å². The predicted molar refractivity (Wildman–Crippen MR) is 82.0 cm³/mol. The maximum absolute atomic E-state index is 14.1. The number of carbonyl (C=O) groups is 1. The van der Waals surface area contributed by atoms with E-state index in [4.69, 9.17) is 4.74 Å². The number of allylic oxidation sites excluding steroid dienone is 3. The maximum Gasteiger partial charge on any atom is 0.420 e. The molecule has 3 rings (SSSR count). The third-order valence-corrected chi connectivity index (χ3v) is 4.06. The fraction of sp³-hybridized carbons (Fsp3) is 0.176. The summed E-state index contributed by atoms with van der Waals surface area (Å²) in [5.41, 5.74) is -3.93. The van der Waals surface area contributed by atoms with Crippen LogP contribution in [0, 0.1) is 11.3 Å². The lowest BCUT2D eigenvalue weighted by Gasteiger charge is -2.43. The van der Waals surface area contributed by atoms with Crippen molar-refractivity contribution in [1.82, 2.24) is 10.2 Å². The fourth-order valence-electron chi connectivity index (χ4n) is 2.87. The van der Waals surface area contributed by atoms with Crippen molar-refractivity contribution in [1.29, 1.82) is 5.26 Å². The van der Waals surface area contributed by atoms with E-state index >= 15 is 0 Å². The van der Waals surface area contributed by atoms with E-state index in [0.29, 0.717) is 5.75 Å². The molecule has 0 fully saturated rings. The Labute approximate surface area is 141 Å². The highest BCUT2D eigenvalue weighted by Gasteiger charge is 2.63. The molecule has 1 aromatic carbocycles. The van der Waals surface area contributed by atoms with Crippen LogP contribution in [0.3, 0.4) is 0 Å². The number of ether oxygens (including phenoxy) is 1. The molecule has 25 heavy (non-hydrogen) atoms. The van der Waals surface area contributed by atoms with Gasteiger partial charge in [-0.05, 0) is 29.8 Å². The molecule has 0 aliphatic carbocycles. The lowest BCUT2D eigenvalue weighted by molar-refractivity contribution is -0.186. The molecule has 1 N–H and O–H groups in total. The van der Waals surface area contributed by atoms with Gasteiger partial charge in [-0.3, -0.25) is 4.90 Å². The number of nitrogens with one attached hydrogen (secondary N) is 1. The summed E-state index contributed by atoms with van der Waals surface area (Å²) in [7, 11) is 1.39. The second kappa shape index (κ2) is 5.70. The Kier molecular flexibility index (Phi) is 3.80. The summed E-state index contributed by atoms with van der Waals surface area (Å²) >= 11 is 0. The van der Waals surface area contributed by atoms with E-state index in [2.05, 4.69) is 0 Å². The number of hydrogen-bond acceptors (Lipinski definition) is 3. The molecule has 5 nitrogen and oxygen atoms in total. The zero-order valence-corrected chi connectivity index (χ0v) is 13.0. The summed E-state index contributed by atoms with van der Waals surface area (Å²) in [4.78, 5) is 13.3. The first-order valence-corrected chi connectivity index (χ1v) is 7.17. The number of urea groups is 1. The summed E-state index contributed by atoms with van der Waals surface area (Å²) in [6.07, 6.45) is 0.636. The monoisotopic (exact) mass is 347 g/mol. The highest BCUT2D eigenvalue weighted by atomic mass is 19.4. The molecule has 1 atom stereocenters. The Morgan fingerprint density at radius 1 is 1.24 bits per heavy atom. The molecule has 0 aromatic heterocycles. The number of nitrogens with zero attached hydrogens (tertiary/aromatic N) is 2. The standard InChI is InChI=1S/C17H12F3N3O2/c1-25-12-7-5-11(6-8-12)16(17(18,19)20)13(10-21)14-4-2-3-9-23(14)15(24)22-16/h2-9H,1H3,(H,22,24). The van der Waals surface area contributed by atoms with Crippen LogP contribution < -0.4 is 10.1 Å². The van der Waals surface area contributed by atoms with Crippen LogP contribution in [0.2, 0.25) is 0 Å². The largest absolute Gasteiger partial charge is 0.497 e. The Balaban J connectivity index is 2.32. The van der Waals surface area contributed by atoms with Crippen molar-refractivity contribution in [3.63, 3.8) is 0 Å². The van der Waals surface area contributed by atoms with E-state index in [0.717, 1.165) is 4.90 Å². The van der Waals surface area contributed by atoms with Gasteiger partial charge in [0.2, 0.25) is 5.54 Å². The number of halogens is 3. The van der Waals surface area contributed by atoms with Crippen LogP contribution in [-0.2, 0) is 5.54 Å². The van der Waals surface area contributed by atoms with Gasteiger partial charge in [-0.2, -0.15) is 18.4 Å². The van der Waals surface area contributed by atoms with E-state index in [-0.39, 0.29) is 11.3 Å².